The number of aromatic amines is 1. The summed E-state index contributed by atoms with van der Waals surface area (Å²) >= 11 is 0. The molecule has 0 aliphatic rings. The summed E-state index contributed by atoms with van der Waals surface area (Å²) in [5.41, 5.74) is 2.93. The standard InChI is InChI=1S/C22H16F2N4O2/c1-11-19(12(2)30-27-11)22-25-16-5-3-4-6-17(16)28(22)10-13-9-18(29)26-21-14(13)7-8-15(23)20(21)24/h3-9H,10H2,1-2H3,(H,26,29). The first kappa shape index (κ1) is 18.2. The Morgan fingerprint density at radius 1 is 1.13 bits per heavy atom. The van der Waals surface area contributed by atoms with Crippen molar-refractivity contribution in [1.29, 1.82) is 0 Å². The maximum atomic E-state index is 14.3. The molecule has 150 valence electrons. The number of nitrogens with zero attached hydrogens (tertiary/aromatic N) is 3. The molecule has 0 atom stereocenters. The van der Waals surface area contributed by atoms with Gasteiger partial charge in [0, 0.05) is 11.5 Å². The molecule has 0 fully saturated rings. The number of hydrogen-bond donors (Lipinski definition) is 1. The highest BCUT2D eigenvalue weighted by Gasteiger charge is 2.21. The first-order chi connectivity index (χ1) is 14.4. The van der Waals surface area contributed by atoms with E-state index in [1.807, 2.05) is 35.8 Å². The molecule has 5 aromatic rings. The molecular formula is C22H16F2N4O2. The van der Waals surface area contributed by atoms with Crippen LogP contribution in [0.25, 0.3) is 33.3 Å². The Kier molecular flexibility index (Phi) is 4.02. The van der Waals surface area contributed by atoms with E-state index in [1.165, 1.54) is 12.1 Å². The van der Waals surface area contributed by atoms with Crippen LogP contribution in [0, 0.1) is 25.5 Å². The molecule has 1 N–H and O–H groups in total. The van der Waals surface area contributed by atoms with Gasteiger partial charge in [0.25, 0.3) is 0 Å². The number of H-pyrrole nitrogens is 1. The number of halogens is 2. The van der Waals surface area contributed by atoms with Crippen LogP contribution < -0.4 is 5.56 Å². The summed E-state index contributed by atoms with van der Waals surface area (Å²) in [4.78, 5) is 19.3. The molecule has 0 aliphatic carbocycles. The third-order valence-electron chi connectivity index (χ3n) is 5.23. The van der Waals surface area contributed by atoms with Crippen molar-refractivity contribution in [3.63, 3.8) is 0 Å². The Morgan fingerprint density at radius 2 is 1.93 bits per heavy atom. The maximum Gasteiger partial charge on any atom is 0.248 e. The second-order valence-corrected chi connectivity index (χ2v) is 7.15. The third-order valence-corrected chi connectivity index (χ3v) is 5.23. The minimum atomic E-state index is -1.08. The van der Waals surface area contributed by atoms with Crippen molar-refractivity contribution in [3.8, 4) is 11.4 Å². The van der Waals surface area contributed by atoms with E-state index >= 15 is 0 Å². The Balaban J connectivity index is 1.79. The van der Waals surface area contributed by atoms with Gasteiger partial charge in [0.05, 0.1) is 34.4 Å². The number of aryl methyl sites for hydroxylation is 2. The molecular weight excluding hydrogens is 390 g/mol. The average Bonchev–Trinajstić information content (AvgIpc) is 3.24. The van der Waals surface area contributed by atoms with Crippen molar-refractivity contribution in [3.05, 3.63) is 81.5 Å². The normalized spacial score (nSPS) is 11.6. The fraction of sp³-hybridized carbons (Fsp3) is 0.136. The molecule has 30 heavy (non-hydrogen) atoms. The number of benzene rings is 2. The number of hydrogen-bond acceptors (Lipinski definition) is 4. The average molecular weight is 406 g/mol. The number of para-hydroxylation sites is 2. The summed E-state index contributed by atoms with van der Waals surface area (Å²) in [6.45, 7) is 3.86. The molecule has 0 amide bonds. The lowest BCUT2D eigenvalue weighted by Crippen LogP contribution is -2.11. The van der Waals surface area contributed by atoms with Crippen molar-refractivity contribution < 1.29 is 13.3 Å². The minimum absolute atomic E-state index is 0.152. The van der Waals surface area contributed by atoms with Crippen molar-refractivity contribution >= 4 is 21.9 Å². The predicted octanol–water partition coefficient (Wildman–Crippen LogP) is 4.48. The molecule has 0 unspecified atom stereocenters. The fourth-order valence-electron chi connectivity index (χ4n) is 3.87. The largest absolute Gasteiger partial charge is 0.361 e. The Labute approximate surface area is 168 Å². The third kappa shape index (κ3) is 2.72. The predicted molar refractivity (Wildman–Crippen MR) is 108 cm³/mol. The van der Waals surface area contributed by atoms with Gasteiger partial charge in [0.15, 0.2) is 11.6 Å². The molecule has 5 rings (SSSR count). The second-order valence-electron chi connectivity index (χ2n) is 7.15. The van der Waals surface area contributed by atoms with E-state index in [0.29, 0.717) is 28.2 Å². The zero-order valence-electron chi connectivity index (χ0n) is 16.2. The van der Waals surface area contributed by atoms with Gasteiger partial charge in [-0.15, -0.1) is 0 Å². The van der Waals surface area contributed by atoms with E-state index in [-0.39, 0.29) is 12.1 Å². The number of nitrogens with one attached hydrogen (secondary N) is 1. The van der Waals surface area contributed by atoms with Crippen LogP contribution in [-0.4, -0.2) is 19.7 Å². The summed E-state index contributed by atoms with van der Waals surface area (Å²) in [5, 5.41) is 4.45. The molecule has 3 aromatic heterocycles. The van der Waals surface area contributed by atoms with E-state index in [9.17, 15) is 13.6 Å². The quantitative estimate of drug-likeness (QED) is 0.479. The van der Waals surface area contributed by atoms with Gasteiger partial charge in [-0.3, -0.25) is 4.79 Å². The van der Waals surface area contributed by atoms with Gasteiger partial charge in [-0.2, -0.15) is 0 Å². The van der Waals surface area contributed by atoms with Crippen LogP contribution in [0.3, 0.4) is 0 Å². The fourth-order valence-corrected chi connectivity index (χ4v) is 3.87. The van der Waals surface area contributed by atoms with Crippen molar-refractivity contribution in [2.75, 3.05) is 0 Å². The van der Waals surface area contributed by atoms with Gasteiger partial charge in [-0.05, 0) is 43.7 Å². The van der Waals surface area contributed by atoms with E-state index in [1.54, 1.807) is 6.92 Å². The molecule has 3 heterocycles. The van der Waals surface area contributed by atoms with Crippen LogP contribution in [0.4, 0.5) is 8.78 Å². The van der Waals surface area contributed by atoms with E-state index in [4.69, 9.17) is 9.51 Å². The number of aromatic nitrogens is 4. The number of rotatable bonds is 3. The molecule has 2 aromatic carbocycles. The maximum absolute atomic E-state index is 14.3. The Hall–Kier alpha value is -3.81. The molecule has 0 aliphatic heterocycles. The van der Waals surface area contributed by atoms with Crippen molar-refractivity contribution in [1.82, 2.24) is 19.7 Å². The molecule has 0 bridgehead atoms. The lowest BCUT2D eigenvalue weighted by molar-refractivity contribution is 0.393. The van der Waals surface area contributed by atoms with Crippen molar-refractivity contribution in [2.24, 2.45) is 0 Å². The summed E-state index contributed by atoms with van der Waals surface area (Å²) in [6, 6.07) is 11.5. The SMILES string of the molecule is Cc1noc(C)c1-c1nc2ccccc2n1Cc1cc(=O)[nH]c2c(F)c(F)ccc12. The van der Waals surface area contributed by atoms with E-state index < -0.39 is 17.2 Å². The molecule has 0 saturated carbocycles. The molecule has 6 nitrogen and oxygen atoms in total. The van der Waals surface area contributed by atoms with Gasteiger partial charge in [0.2, 0.25) is 5.56 Å². The first-order valence-corrected chi connectivity index (χ1v) is 9.32. The van der Waals surface area contributed by atoms with Crippen LogP contribution in [0.1, 0.15) is 17.0 Å². The van der Waals surface area contributed by atoms with E-state index in [0.717, 1.165) is 22.7 Å². The number of imidazole rings is 1. The first-order valence-electron chi connectivity index (χ1n) is 9.32. The number of pyridine rings is 1. The van der Waals surface area contributed by atoms with Gasteiger partial charge >= 0.3 is 0 Å². The van der Waals surface area contributed by atoms with Crippen LogP contribution in [0.15, 0.2) is 51.8 Å². The summed E-state index contributed by atoms with van der Waals surface area (Å²) < 4.78 is 35.3. The zero-order valence-corrected chi connectivity index (χ0v) is 16.2. The lowest BCUT2D eigenvalue weighted by atomic mass is 10.1. The Bertz CT molecular complexity index is 1480. The van der Waals surface area contributed by atoms with Crippen LogP contribution >= 0.6 is 0 Å². The summed E-state index contributed by atoms with van der Waals surface area (Å²) in [6.07, 6.45) is 0. The smallest absolute Gasteiger partial charge is 0.248 e. The lowest BCUT2D eigenvalue weighted by Gasteiger charge is -2.12. The minimum Gasteiger partial charge on any atom is -0.361 e. The second kappa shape index (κ2) is 6.62. The molecule has 0 saturated heterocycles. The van der Waals surface area contributed by atoms with Crippen molar-refractivity contribution in [2.45, 2.75) is 20.4 Å². The topological polar surface area (TPSA) is 76.7 Å². The van der Waals surface area contributed by atoms with Gasteiger partial charge in [-0.1, -0.05) is 17.3 Å². The van der Waals surface area contributed by atoms with Crippen LogP contribution in [0.5, 0.6) is 0 Å². The molecule has 0 spiro atoms. The summed E-state index contributed by atoms with van der Waals surface area (Å²) in [7, 11) is 0. The Morgan fingerprint density at radius 3 is 2.70 bits per heavy atom. The van der Waals surface area contributed by atoms with Gasteiger partial charge in [0.1, 0.15) is 11.6 Å². The summed E-state index contributed by atoms with van der Waals surface area (Å²) in [5.74, 6) is -0.843. The monoisotopic (exact) mass is 406 g/mol. The highest BCUT2D eigenvalue weighted by molar-refractivity contribution is 5.84. The highest BCUT2D eigenvalue weighted by atomic mass is 19.2. The van der Waals surface area contributed by atoms with Crippen LogP contribution in [0.2, 0.25) is 0 Å². The number of fused-ring (bicyclic) bond motifs is 2. The molecule has 8 heteroatoms. The van der Waals surface area contributed by atoms with E-state index in [2.05, 4.69) is 10.1 Å². The van der Waals surface area contributed by atoms with Crippen LogP contribution in [-0.2, 0) is 6.54 Å². The molecule has 0 radical (unpaired) electrons. The zero-order chi connectivity index (χ0) is 21.0. The van der Waals surface area contributed by atoms with Gasteiger partial charge in [-0.25, -0.2) is 13.8 Å². The highest BCUT2D eigenvalue weighted by Crippen LogP contribution is 2.31. The van der Waals surface area contributed by atoms with Gasteiger partial charge < -0.3 is 14.1 Å².